The zero-order valence-corrected chi connectivity index (χ0v) is 7.95. The Morgan fingerprint density at radius 3 is 1.00 bits per heavy atom. The second kappa shape index (κ2) is 9.63. The van der Waals surface area contributed by atoms with Crippen molar-refractivity contribution in [2.45, 2.75) is 0 Å². The van der Waals surface area contributed by atoms with E-state index < -0.39 is 0 Å². The molecule has 35 valence electrons. The van der Waals surface area contributed by atoms with E-state index >= 15 is 0 Å². The summed E-state index contributed by atoms with van der Waals surface area (Å²) in [5, 5.41) is 0. The SMILES string of the molecule is C[PH+](C)C.[Na].[OH-]. The van der Waals surface area contributed by atoms with Gasteiger partial charge in [-0.15, -0.1) is 0 Å². The fourth-order valence-corrected chi connectivity index (χ4v) is 0. The van der Waals surface area contributed by atoms with Gasteiger partial charge in [0, 0.05) is 49.6 Å². The molecule has 0 saturated carbocycles. The van der Waals surface area contributed by atoms with Crippen LogP contribution in [0.2, 0.25) is 0 Å². The Morgan fingerprint density at radius 2 is 1.00 bits per heavy atom. The van der Waals surface area contributed by atoms with E-state index in [9.17, 15) is 0 Å². The van der Waals surface area contributed by atoms with E-state index in [4.69, 9.17) is 0 Å². The molecule has 1 N–H and O–H groups in total. The Balaban J connectivity index is -0.0000000450. The molecule has 1 nitrogen and oxygen atoms in total. The largest absolute Gasteiger partial charge is 0.870 e. The van der Waals surface area contributed by atoms with Gasteiger partial charge in [0.2, 0.25) is 0 Å². The Bertz CT molecular complexity index is 15.5. The predicted molar refractivity (Wildman–Crippen MR) is 33.8 cm³/mol. The molecule has 0 aliphatic heterocycles. The molecule has 0 rings (SSSR count). The topological polar surface area (TPSA) is 30.0 Å². The summed E-state index contributed by atoms with van der Waals surface area (Å²) >= 11 is 0. The van der Waals surface area contributed by atoms with E-state index in [2.05, 4.69) is 20.0 Å². The molecule has 0 aliphatic carbocycles. The molecule has 0 unspecified atom stereocenters. The summed E-state index contributed by atoms with van der Waals surface area (Å²) in [6.45, 7) is 6.81. The molecule has 0 spiro atoms. The van der Waals surface area contributed by atoms with E-state index in [0.29, 0.717) is 0 Å². The van der Waals surface area contributed by atoms with Crippen LogP contribution in [0.1, 0.15) is 0 Å². The summed E-state index contributed by atoms with van der Waals surface area (Å²) in [7, 11) is 0.120. The molecule has 6 heavy (non-hydrogen) atoms. The van der Waals surface area contributed by atoms with Crippen molar-refractivity contribution in [2.24, 2.45) is 0 Å². The van der Waals surface area contributed by atoms with Crippen LogP contribution in [-0.2, 0) is 0 Å². The summed E-state index contributed by atoms with van der Waals surface area (Å²) in [5.41, 5.74) is 0. The van der Waals surface area contributed by atoms with Crippen molar-refractivity contribution in [3.05, 3.63) is 0 Å². The van der Waals surface area contributed by atoms with E-state index in [1.54, 1.807) is 0 Å². The minimum atomic E-state index is 0. The molecule has 0 aliphatic rings. The Hall–Kier alpha value is 1.39. The second-order valence-corrected chi connectivity index (χ2v) is 4.50. The standard InChI is InChI=1S/C3H9P.Na.H2O/c1-4(2)3;;/h1-3H3;;1H2. The molecule has 1 radical (unpaired) electrons. The molecule has 0 heterocycles. The first-order valence-corrected chi connectivity index (χ1v) is 4.50. The van der Waals surface area contributed by atoms with Gasteiger partial charge in [0.25, 0.3) is 0 Å². The van der Waals surface area contributed by atoms with Gasteiger partial charge in [-0.3, -0.25) is 0 Å². The van der Waals surface area contributed by atoms with Gasteiger partial charge in [-0.05, 0) is 7.92 Å². The van der Waals surface area contributed by atoms with Crippen LogP contribution in [-0.4, -0.2) is 55.0 Å². The van der Waals surface area contributed by atoms with E-state index in [1.165, 1.54) is 0 Å². The molecule has 0 fully saturated rings. The molecular weight excluding hydrogens is 106 g/mol. The minimum Gasteiger partial charge on any atom is -0.870 e. The zero-order valence-electron chi connectivity index (χ0n) is 4.95. The van der Waals surface area contributed by atoms with Crippen LogP contribution in [0.4, 0.5) is 0 Å². The van der Waals surface area contributed by atoms with Crippen molar-refractivity contribution in [3.63, 3.8) is 0 Å². The van der Waals surface area contributed by atoms with Gasteiger partial charge in [-0.25, -0.2) is 0 Å². The van der Waals surface area contributed by atoms with Crippen LogP contribution in [0.5, 0.6) is 0 Å². The van der Waals surface area contributed by atoms with E-state index in [0.717, 1.165) is 0 Å². The molecule has 0 atom stereocenters. The van der Waals surface area contributed by atoms with Crippen molar-refractivity contribution in [1.82, 2.24) is 0 Å². The molecule has 3 heteroatoms. The van der Waals surface area contributed by atoms with Crippen molar-refractivity contribution in [3.8, 4) is 0 Å². The van der Waals surface area contributed by atoms with Crippen LogP contribution < -0.4 is 0 Å². The van der Waals surface area contributed by atoms with E-state index in [1.807, 2.05) is 0 Å². The van der Waals surface area contributed by atoms with Gasteiger partial charge >= 0.3 is 0 Å². The molecule has 0 aromatic rings. The molecular formula is C3H11NaOP. The fraction of sp³-hybridized carbons (Fsp3) is 1.00. The minimum absolute atomic E-state index is 0. The number of rotatable bonds is 0. The molecule has 0 aromatic heterocycles. The van der Waals surface area contributed by atoms with Gasteiger partial charge in [0.15, 0.2) is 0 Å². The van der Waals surface area contributed by atoms with Crippen molar-refractivity contribution >= 4 is 37.5 Å². The van der Waals surface area contributed by atoms with E-state index in [-0.39, 0.29) is 43.0 Å². The van der Waals surface area contributed by atoms with Gasteiger partial charge in [-0.1, -0.05) is 0 Å². The molecule has 0 aromatic carbocycles. The maximum atomic E-state index is 2.27. The summed E-state index contributed by atoms with van der Waals surface area (Å²) < 4.78 is 0. The Morgan fingerprint density at radius 1 is 1.00 bits per heavy atom. The van der Waals surface area contributed by atoms with Crippen molar-refractivity contribution in [2.75, 3.05) is 20.0 Å². The first-order chi connectivity index (χ1) is 1.73. The number of hydrogen-bond donors (Lipinski definition) is 0. The zero-order chi connectivity index (χ0) is 3.58. The maximum absolute atomic E-state index is 2.27. The first-order valence-electron chi connectivity index (χ1n) is 1.50. The van der Waals surface area contributed by atoms with Crippen molar-refractivity contribution in [1.29, 1.82) is 0 Å². The molecule has 0 saturated heterocycles. The monoisotopic (exact) mass is 117 g/mol. The van der Waals surface area contributed by atoms with Crippen LogP contribution >= 0.6 is 7.92 Å². The summed E-state index contributed by atoms with van der Waals surface area (Å²) in [4.78, 5) is 0. The van der Waals surface area contributed by atoms with Gasteiger partial charge in [-0.2, -0.15) is 0 Å². The predicted octanol–water partition coefficient (Wildman–Crippen LogP) is 0.532. The third-order valence-electron chi connectivity index (χ3n) is 0. The first kappa shape index (κ1) is 15.7. The van der Waals surface area contributed by atoms with Crippen molar-refractivity contribution < 1.29 is 5.48 Å². The smallest absolute Gasteiger partial charge is 0.0461 e. The molecule has 0 amide bonds. The second-order valence-electron chi connectivity index (χ2n) is 1.50. The summed E-state index contributed by atoms with van der Waals surface area (Å²) in [6.07, 6.45) is 0. The third-order valence-corrected chi connectivity index (χ3v) is 0. The quantitative estimate of drug-likeness (QED) is 0.336. The average Bonchev–Trinajstić information content (AvgIpc) is 0.811. The number of hydrogen-bond acceptors (Lipinski definition) is 1. The average molecular weight is 117 g/mol. The van der Waals surface area contributed by atoms with Crippen LogP contribution in [0, 0.1) is 0 Å². The summed E-state index contributed by atoms with van der Waals surface area (Å²) in [6, 6.07) is 0. The Kier molecular flexibility index (Phi) is 25.1. The van der Waals surface area contributed by atoms with Crippen LogP contribution in [0.15, 0.2) is 0 Å². The van der Waals surface area contributed by atoms with Gasteiger partial charge in [0.05, 0.1) is 0 Å². The van der Waals surface area contributed by atoms with Crippen LogP contribution in [0.25, 0.3) is 0 Å². The van der Waals surface area contributed by atoms with Crippen LogP contribution in [0.3, 0.4) is 0 Å². The Labute approximate surface area is 62.9 Å². The third kappa shape index (κ3) is 53.8. The normalized spacial score (nSPS) is 6.00. The fourth-order valence-electron chi connectivity index (χ4n) is 0. The van der Waals surface area contributed by atoms with Gasteiger partial charge in [0.1, 0.15) is 0 Å². The summed E-state index contributed by atoms with van der Waals surface area (Å²) in [5.74, 6) is 0. The van der Waals surface area contributed by atoms with Gasteiger partial charge < -0.3 is 5.48 Å². The maximum Gasteiger partial charge on any atom is 0.0461 e. The molecule has 0 bridgehead atoms.